The minimum Gasteiger partial charge on any atom is -0.336 e. The summed E-state index contributed by atoms with van der Waals surface area (Å²) in [5.74, 6) is -0.0693. The van der Waals surface area contributed by atoms with E-state index in [1.165, 1.54) is 6.07 Å². The molecular weight excluding hydrogens is 324 g/mol. The molecule has 1 saturated heterocycles. The molecule has 0 bridgehead atoms. The molecule has 1 aromatic rings. The number of nitrogens with zero attached hydrogens (tertiary/aromatic N) is 1. The molecule has 1 aliphatic heterocycles. The van der Waals surface area contributed by atoms with Gasteiger partial charge in [-0.25, -0.2) is 13.1 Å². The topological polar surface area (TPSA) is 66.5 Å². The highest BCUT2D eigenvalue weighted by atomic mass is 32.2. The highest BCUT2D eigenvalue weighted by Crippen LogP contribution is 2.23. The molecule has 24 heavy (non-hydrogen) atoms. The van der Waals surface area contributed by atoms with E-state index in [2.05, 4.69) is 11.6 Å². The molecule has 6 heteroatoms. The van der Waals surface area contributed by atoms with Crippen LogP contribution in [0.2, 0.25) is 0 Å². The van der Waals surface area contributed by atoms with Crippen molar-refractivity contribution in [3.63, 3.8) is 0 Å². The van der Waals surface area contributed by atoms with Crippen LogP contribution in [0.15, 0.2) is 29.2 Å². The van der Waals surface area contributed by atoms with Gasteiger partial charge in [0.25, 0.3) is 5.91 Å². The first-order valence-corrected chi connectivity index (χ1v) is 10.4. The fraction of sp³-hybridized carbons (Fsp3) is 0.611. The minimum absolute atomic E-state index is 0.0245. The Morgan fingerprint density at radius 1 is 1.12 bits per heavy atom. The number of hydrogen-bond donors (Lipinski definition) is 1. The van der Waals surface area contributed by atoms with Gasteiger partial charge >= 0.3 is 0 Å². The summed E-state index contributed by atoms with van der Waals surface area (Å²) >= 11 is 0. The molecule has 132 valence electrons. The number of nitrogens with one attached hydrogen (secondary N) is 1. The van der Waals surface area contributed by atoms with E-state index in [-0.39, 0.29) is 22.9 Å². The largest absolute Gasteiger partial charge is 0.336 e. The second kappa shape index (κ2) is 7.23. The molecule has 2 aliphatic rings. The summed E-state index contributed by atoms with van der Waals surface area (Å²) in [6.45, 7) is 2.80. The van der Waals surface area contributed by atoms with Gasteiger partial charge in [0.1, 0.15) is 0 Å². The molecule has 3 rings (SSSR count). The van der Waals surface area contributed by atoms with Crippen LogP contribution in [0.4, 0.5) is 0 Å². The van der Waals surface area contributed by atoms with Gasteiger partial charge in [0.2, 0.25) is 10.0 Å². The zero-order valence-electron chi connectivity index (χ0n) is 14.2. The molecule has 1 amide bonds. The molecule has 1 atom stereocenters. The maximum absolute atomic E-state index is 12.7. The number of piperidine rings is 1. The number of benzene rings is 1. The average Bonchev–Trinajstić information content (AvgIpc) is 3.07. The van der Waals surface area contributed by atoms with Crippen LogP contribution in [0.3, 0.4) is 0 Å². The minimum atomic E-state index is -3.56. The lowest BCUT2D eigenvalue weighted by atomic mass is 10.0. The van der Waals surface area contributed by atoms with Crippen molar-refractivity contribution in [1.82, 2.24) is 9.62 Å². The molecule has 2 fully saturated rings. The summed E-state index contributed by atoms with van der Waals surface area (Å²) < 4.78 is 27.9. The van der Waals surface area contributed by atoms with Crippen molar-refractivity contribution in [1.29, 1.82) is 0 Å². The van der Waals surface area contributed by atoms with Crippen molar-refractivity contribution in [2.24, 2.45) is 0 Å². The molecule has 5 nitrogen and oxygen atoms in total. The van der Waals surface area contributed by atoms with E-state index >= 15 is 0 Å². The Hall–Kier alpha value is -1.40. The van der Waals surface area contributed by atoms with Crippen LogP contribution in [0, 0.1) is 0 Å². The van der Waals surface area contributed by atoms with E-state index in [1.54, 1.807) is 18.2 Å². The molecule has 0 spiro atoms. The molecule has 1 N–H and O–H groups in total. The van der Waals surface area contributed by atoms with Crippen molar-refractivity contribution in [3.05, 3.63) is 29.8 Å². The number of carbonyl (C=O) groups is 1. The first-order valence-electron chi connectivity index (χ1n) is 8.91. The Labute approximate surface area is 144 Å². The van der Waals surface area contributed by atoms with E-state index in [0.29, 0.717) is 5.56 Å². The highest BCUT2D eigenvalue weighted by Gasteiger charge is 2.26. The van der Waals surface area contributed by atoms with Crippen LogP contribution in [0.1, 0.15) is 62.2 Å². The monoisotopic (exact) mass is 350 g/mol. The van der Waals surface area contributed by atoms with E-state index in [0.717, 1.165) is 51.5 Å². The summed E-state index contributed by atoms with van der Waals surface area (Å²) in [4.78, 5) is 14.8. The van der Waals surface area contributed by atoms with Gasteiger partial charge in [0.15, 0.2) is 0 Å². The third-order valence-electron chi connectivity index (χ3n) is 5.13. The summed E-state index contributed by atoms with van der Waals surface area (Å²) in [5.41, 5.74) is 0.457. The Morgan fingerprint density at radius 2 is 1.83 bits per heavy atom. The lowest BCUT2D eigenvalue weighted by Gasteiger charge is -2.33. The summed E-state index contributed by atoms with van der Waals surface area (Å²) in [7, 11) is -3.56. The van der Waals surface area contributed by atoms with Gasteiger partial charge in [0.05, 0.1) is 4.90 Å². The Bertz CT molecular complexity index is 696. The summed E-state index contributed by atoms with van der Waals surface area (Å²) in [6.07, 6.45) is 7.08. The fourth-order valence-electron chi connectivity index (χ4n) is 3.69. The number of carbonyl (C=O) groups excluding carboxylic acids is 1. The van der Waals surface area contributed by atoms with Crippen molar-refractivity contribution >= 4 is 15.9 Å². The molecule has 1 aliphatic carbocycles. The summed E-state index contributed by atoms with van der Waals surface area (Å²) in [6, 6.07) is 6.68. The van der Waals surface area contributed by atoms with Gasteiger partial charge in [-0.2, -0.15) is 0 Å². The first kappa shape index (κ1) is 17.4. The van der Waals surface area contributed by atoms with Crippen LogP contribution >= 0.6 is 0 Å². The van der Waals surface area contributed by atoms with Gasteiger partial charge < -0.3 is 4.90 Å². The Morgan fingerprint density at radius 3 is 2.54 bits per heavy atom. The molecule has 0 radical (unpaired) electrons. The van der Waals surface area contributed by atoms with E-state index in [9.17, 15) is 13.2 Å². The van der Waals surface area contributed by atoms with Crippen LogP contribution in [0.5, 0.6) is 0 Å². The van der Waals surface area contributed by atoms with Crippen molar-refractivity contribution in [2.45, 2.75) is 68.8 Å². The summed E-state index contributed by atoms with van der Waals surface area (Å²) in [5, 5.41) is 0. The smallest absolute Gasteiger partial charge is 0.254 e. The maximum atomic E-state index is 12.7. The number of sulfonamides is 1. The normalized spacial score (nSPS) is 22.7. The van der Waals surface area contributed by atoms with Crippen LogP contribution in [-0.2, 0) is 10.0 Å². The number of hydrogen-bond acceptors (Lipinski definition) is 3. The molecular formula is C18H26N2O3S. The van der Waals surface area contributed by atoms with Crippen LogP contribution < -0.4 is 4.72 Å². The van der Waals surface area contributed by atoms with E-state index in [1.807, 2.05) is 4.90 Å². The highest BCUT2D eigenvalue weighted by molar-refractivity contribution is 7.89. The third kappa shape index (κ3) is 3.81. The molecule has 1 heterocycles. The second-order valence-electron chi connectivity index (χ2n) is 6.97. The maximum Gasteiger partial charge on any atom is 0.254 e. The molecule has 1 unspecified atom stereocenters. The lowest BCUT2D eigenvalue weighted by molar-refractivity contribution is 0.0635. The van der Waals surface area contributed by atoms with Gasteiger partial charge in [-0.1, -0.05) is 18.9 Å². The predicted octanol–water partition coefficient (Wildman–Crippen LogP) is 2.92. The first-order chi connectivity index (χ1) is 11.5. The SMILES string of the molecule is CC1CCCCN1C(=O)c1cccc(S(=O)(=O)NC2CCCC2)c1. The lowest BCUT2D eigenvalue weighted by Crippen LogP contribution is -2.42. The third-order valence-corrected chi connectivity index (χ3v) is 6.65. The second-order valence-corrected chi connectivity index (χ2v) is 8.69. The van der Waals surface area contributed by atoms with Crippen LogP contribution in [-0.4, -0.2) is 37.9 Å². The van der Waals surface area contributed by atoms with Crippen LogP contribution in [0.25, 0.3) is 0 Å². The van der Waals surface area contributed by atoms with E-state index in [4.69, 9.17) is 0 Å². The zero-order valence-corrected chi connectivity index (χ0v) is 15.0. The molecule has 1 aromatic carbocycles. The number of amides is 1. The van der Waals surface area contributed by atoms with Crippen molar-refractivity contribution < 1.29 is 13.2 Å². The molecule has 0 aromatic heterocycles. The van der Waals surface area contributed by atoms with Gasteiger partial charge in [-0.3, -0.25) is 4.79 Å². The quantitative estimate of drug-likeness (QED) is 0.908. The Balaban J connectivity index is 1.79. The standard InChI is InChI=1S/C18H26N2O3S/c1-14-7-4-5-12-20(14)18(21)15-8-6-11-17(13-15)24(22,23)19-16-9-2-3-10-16/h6,8,11,13-14,16,19H,2-5,7,9-10,12H2,1H3. The Kier molecular flexibility index (Phi) is 5.25. The van der Waals surface area contributed by atoms with Gasteiger partial charge in [-0.05, 0) is 57.2 Å². The molecule has 1 saturated carbocycles. The number of likely N-dealkylation sites (tertiary alicyclic amines) is 1. The zero-order chi connectivity index (χ0) is 17.2. The van der Waals surface area contributed by atoms with Crippen molar-refractivity contribution in [2.75, 3.05) is 6.54 Å². The average molecular weight is 350 g/mol. The van der Waals surface area contributed by atoms with Crippen molar-refractivity contribution in [3.8, 4) is 0 Å². The van der Waals surface area contributed by atoms with Gasteiger partial charge in [-0.15, -0.1) is 0 Å². The predicted molar refractivity (Wildman–Crippen MR) is 93.4 cm³/mol. The fourth-order valence-corrected chi connectivity index (χ4v) is 5.04. The van der Waals surface area contributed by atoms with Gasteiger partial charge in [0, 0.05) is 24.2 Å². The van der Waals surface area contributed by atoms with E-state index < -0.39 is 10.0 Å². The number of rotatable bonds is 4.